The highest BCUT2D eigenvalue weighted by molar-refractivity contribution is 5.97. The number of nitrogens with two attached hydrogens (primary N) is 1. The number of amidine groups is 1. The second-order valence-electron chi connectivity index (χ2n) is 5.19. The summed E-state index contributed by atoms with van der Waals surface area (Å²) in [4.78, 5) is 14.1. The maximum atomic E-state index is 11.8. The molecule has 21 heavy (non-hydrogen) atoms. The Balaban J connectivity index is 1.94. The summed E-state index contributed by atoms with van der Waals surface area (Å²) in [5.41, 5.74) is 7.33. The van der Waals surface area contributed by atoms with Gasteiger partial charge in [0.05, 0.1) is 0 Å². The molecule has 0 atom stereocenters. The lowest BCUT2D eigenvalue weighted by molar-refractivity contribution is -0.125. The van der Waals surface area contributed by atoms with Gasteiger partial charge < -0.3 is 21.2 Å². The van der Waals surface area contributed by atoms with Gasteiger partial charge in [-0.1, -0.05) is 5.16 Å². The van der Waals surface area contributed by atoms with E-state index in [0.29, 0.717) is 12.1 Å². The Labute approximate surface area is 124 Å². The van der Waals surface area contributed by atoms with Crippen molar-refractivity contribution < 1.29 is 10.0 Å². The van der Waals surface area contributed by atoms with Crippen molar-refractivity contribution in [2.24, 2.45) is 16.8 Å². The molecule has 1 saturated heterocycles. The van der Waals surface area contributed by atoms with Gasteiger partial charge in [-0.2, -0.15) is 0 Å². The van der Waals surface area contributed by atoms with Gasteiger partial charge in [0.1, 0.15) is 0 Å². The van der Waals surface area contributed by atoms with Crippen molar-refractivity contribution in [1.82, 2.24) is 5.32 Å². The molecule has 1 amide bonds. The summed E-state index contributed by atoms with van der Waals surface area (Å²) < 4.78 is 0. The lowest BCUT2D eigenvalue weighted by Gasteiger charge is -2.33. The average Bonchev–Trinajstić information content (AvgIpc) is 2.54. The normalized spacial score (nSPS) is 16.8. The van der Waals surface area contributed by atoms with E-state index in [2.05, 4.69) is 15.4 Å². The zero-order valence-corrected chi connectivity index (χ0v) is 12.2. The first-order chi connectivity index (χ1) is 10.2. The van der Waals surface area contributed by atoms with Crippen molar-refractivity contribution in [3.05, 3.63) is 29.8 Å². The largest absolute Gasteiger partial charge is 0.409 e. The van der Waals surface area contributed by atoms with E-state index in [1.54, 1.807) is 0 Å². The second kappa shape index (κ2) is 6.97. The molecular formula is C15H22N4O2. The van der Waals surface area contributed by atoms with Gasteiger partial charge in [-0.25, -0.2) is 0 Å². The molecule has 1 heterocycles. The molecule has 1 aromatic rings. The first kappa shape index (κ1) is 15.2. The van der Waals surface area contributed by atoms with E-state index in [9.17, 15) is 4.79 Å². The van der Waals surface area contributed by atoms with E-state index < -0.39 is 0 Å². The highest BCUT2D eigenvalue weighted by Crippen LogP contribution is 2.23. The Hall–Kier alpha value is -2.24. The summed E-state index contributed by atoms with van der Waals surface area (Å²) in [6.07, 6.45) is 1.74. The lowest BCUT2D eigenvalue weighted by atomic mass is 9.95. The number of hydrogen-bond donors (Lipinski definition) is 3. The molecule has 0 unspecified atom stereocenters. The predicted octanol–water partition coefficient (Wildman–Crippen LogP) is 1.13. The van der Waals surface area contributed by atoms with Crippen LogP contribution in [-0.2, 0) is 4.79 Å². The van der Waals surface area contributed by atoms with Crippen molar-refractivity contribution in [3.63, 3.8) is 0 Å². The van der Waals surface area contributed by atoms with E-state index in [0.717, 1.165) is 31.6 Å². The molecule has 4 N–H and O–H groups in total. The van der Waals surface area contributed by atoms with Gasteiger partial charge in [-0.3, -0.25) is 4.79 Å². The molecule has 1 fully saturated rings. The molecule has 6 nitrogen and oxygen atoms in total. The van der Waals surface area contributed by atoms with Gasteiger partial charge in [0.2, 0.25) is 5.91 Å². The second-order valence-corrected chi connectivity index (χ2v) is 5.19. The molecular weight excluding hydrogens is 268 g/mol. The molecule has 114 valence electrons. The van der Waals surface area contributed by atoms with Gasteiger partial charge in [0.15, 0.2) is 5.84 Å². The number of rotatable bonds is 4. The van der Waals surface area contributed by atoms with E-state index in [4.69, 9.17) is 10.9 Å². The van der Waals surface area contributed by atoms with Crippen molar-refractivity contribution in [3.8, 4) is 0 Å². The Kier molecular flexibility index (Phi) is 5.03. The Morgan fingerprint density at radius 3 is 2.52 bits per heavy atom. The number of oxime groups is 1. The predicted molar refractivity (Wildman–Crippen MR) is 82.6 cm³/mol. The molecule has 6 heteroatoms. The Morgan fingerprint density at radius 2 is 2.00 bits per heavy atom. The van der Waals surface area contributed by atoms with Crippen LogP contribution in [0.25, 0.3) is 0 Å². The van der Waals surface area contributed by atoms with Crippen molar-refractivity contribution in [2.75, 3.05) is 24.5 Å². The Morgan fingerprint density at radius 1 is 1.38 bits per heavy atom. The SMILES string of the molecule is CCNC(=O)C1CCN(c2ccc(/C(N)=N\O)cc2)CC1. The summed E-state index contributed by atoms with van der Waals surface area (Å²) in [7, 11) is 0. The van der Waals surface area contributed by atoms with Gasteiger partial charge in [-0.15, -0.1) is 0 Å². The van der Waals surface area contributed by atoms with E-state index in [-0.39, 0.29) is 17.7 Å². The molecule has 0 radical (unpaired) electrons. The van der Waals surface area contributed by atoms with Crippen molar-refractivity contribution in [1.29, 1.82) is 0 Å². The minimum absolute atomic E-state index is 0.108. The van der Waals surface area contributed by atoms with E-state index in [1.807, 2.05) is 31.2 Å². The topological polar surface area (TPSA) is 91.0 Å². The summed E-state index contributed by atoms with van der Waals surface area (Å²) in [5.74, 6) is 0.397. The highest BCUT2D eigenvalue weighted by Gasteiger charge is 2.24. The number of anilines is 1. The fourth-order valence-electron chi connectivity index (χ4n) is 2.62. The van der Waals surface area contributed by atoms with Crippen molar-refractivity contribution in [2.45, 2.75) is 19.8 Å². The molecule has 0 bridgehead atoms. The molecule has 0 saturated carbocycles. The zero-order chi connectivity index (χ0) is 15.2. The fraction of sp³-hybridized carbons (Fsp3) is 0.467. The minimum atomic E-state index is 0.108. The van der Waals surface area contributed by atoms with Crippen molar-refractivity contribution >= 4 is 17.4 Å². The lowest BCUT2D eigenvalue weighted by Crippen LogP contribution is -2.40. The van der Waals surface area contributed by atoms with Gasteiger partial charge in [-0.05, 0) is 44.0 Å². The molecule has 1 aliphatic rings. The van der Waals surface area contributed by atoms with E-state index >= 15 is 0 Å². The first-order valence-corrected chi connectivity index (χ1v) is 7.26. The zero-order valence-electron chi connectivity index (χ0n) is 12.2. The first-order valence-electron chi connectivity index (χ1n) is 7.26. The van der Waals surface area contributed by atoms with Crippen LogP contribution >= 0.6 is 0 Å². The minimum Gasteiger partial charge on any atom is -0.409 e. The number of hydrogen-bond acceptors (Lipinski definition) is 4. The number of amides is 1. The average molecular weight is 290 g/mol. The number of benzene rings is 1. The summed E-state index contributed by atoms with van der Waals surface area (Å²) in [6.45, 7) is 4.36. The molecule has 0 aliphatic carbocycles. The van der Waals surface area contributed by atoms with Crippen LogP contribution in [0.4, 0.5) is 5.69 Å². The quantitative estimate of drug-likeness (QED) is 0.335. The maximum absolute atomic E-state index is 11.8. The van der Waals surface area contributed by atoms with Crippen LogP contribution in [-0.4, -0.2) is 36.6 Å². The molecule has 0 spiro atoms. The number of nitrogens with zero attached hydrogens (tertiary/aromatic N) is 2. The monoisotopic (exact) mass is 290 g/mol. The molecule has 1 aliphatic heterocycles. The van der Waals surface area contributed by atoms with Crippen LogP contribution < -0.4 is 16.0 Å². The van der Waals surface area contributed by atoms with Crippen LogP contribution in [0.2, 0.25) is 0 Å². The molecule has 2 rings (SSSR count). The fourth-order valence-corrected chi connectivity index (χ4v) is 2.62. The third-order valence-corrected chi connectivity index (χ3v) is 3.85. The number of nitrogens with one attached hydrogen (secondary N) is 1. The standard InChI is InChI=1S/C15H22N4O2/c1-2-17-15(20)12-7-9-19(10-8-12)13-5-3-11(4-6-13)14(16)18-21/h3-6,12,21H,2,7-10H2,1H3,(H2,16,18)(H,17,20). The van der Waals surface area contributed by atoms with Crippen LogP contribution in [0.15, 0.2) is 29.4 Å². The van der Waals surface area contributed by atoms with Gasteiger partial charge in [0, 0.05) is 36.8 Å². The van der Waals surface area contributed by atoms with E-state index in [1.165, 1.54) is 0 Å². The highest BCUT2D eigenvalue weighted by atomic mass is 16.4. The van der Waals surface area contributed by atoms with Crippen LogP contribution in [0.5, 0.6) is 0 Å². The van der Waals surface area contributed by atoms with Gasteiger partial charge in [0.25, 0.3) is 0 Å². The third-order valence-electron chi connectivity index (χ3n) is 3.85. The van der Waals surface area contributed by atoms with Gasteiger partial charge >= 0.3 is 0 Å². The summed E-state index contributed by atoms with van der Waals surface area (Å²) in [6, 6.07) is 7.58. The summed E-state index contributed by atoms with van der Waals surface area (Å²) in [5, 5.41) is 14.5. The summed E-state index contributed by atoms with van der Waals surface area (Å²) >= 11 is 0. The number of piperidine rings is 1. The molecule has 1 aromatic carbocycles. The van der Waals surface area contributed by atoms with Crippen LogP contribution in [0, 0.1) is 5.92 Å². The maximum Gasteiger partial charge on any atom is 0.223 e. The molecule has 0 aromatic heterocycles. The number of carbonyl (C=O) groups is 1. The van der Waals surface area contributed by atoms with Crippen LogP contribution in [0.3, 0.4) is 0 Å². The Bertz CT molecular complexity index is 505. The smallest absolute Gasteiger partial charge is 0.223 e. The third kappa shape index (κ3) is 3.65. The van der Waals surface area contributed by atoms with Crippen LogP contribution in [0.1, 0.15) is 25.3 Å². The number of carbonyl (C=O) groups excluding carboxylic acids is 1.